The van der Waals surface area contributed by atoms with Crippen LogP contribution in [0.2, 0.25) is 0 Å². The zero-order valence-corrected chi connectivity index (χ0v) is 25.8. The van der Waals surface area contributed by atoms with Crippen LogP contribution in [-0.4, -0.2) is 0 Å². The maximum absolute atomic E-state index is 9.51. The summed E-state index contributed by atoms with van der Waals surface area (Å²) in [6, 6.07) is 54.7. The van der Waals surface area contributed by atoms with Crippen molar-refractivity contribution in [2.24, 2.45) is 0 Å². The largest absolute Gasteiger partial charge is 0.310 e. The van der Waals surface area contributed by atoms with Gasteiger partial charge in [-0.3, -0.25) is 0 Å². The molecule has 0 saturated carbocycles. The zero-order chi connectivity index (χ0) is 31.0. The lowest BCUT2D eigenvalue weighted by Gasteiger charge is -2.28. The average Bonchev–Trinajstić information content (AvgIpc) is 3.34. The summed E-state index contributed by atoms with van der Waals surface area (Å²) < 4.78 is 0. The lowest BCUT2D eigenvalue weighted by atomic mass is 9.80. The van der Waals surface area contributed by atoms with E-state index < -0.39 is 0 Å². The Morgan fingerprint density at radius 1 is 0.522 bits per heavy atom. The maximum atomic E-state index is 9.51. The number of anilines is 3. The number of hydrogen-bond donors (Lipinski definition) is 0. The van der Waals surface area contributed by atoms with Crippen molar-refractivity contribution in [3.8, 4) is 17.2 Å². The van der Waals surface area contributed by atoms with Gasteiger partial charge < -0.3 is 4.90 Å². The second-order valence-electron chi connectivity index (χ2n) is 12.9. The highest BCUT2D eigenvalue weighted by molar-refractivity contribution is 6.16. The van der Waals surface area contributed by atoms with E-state index in [1.54, 1.807) is 0 Å². The predicted molar refractivity (Wildman–Crippen MR) is 193 cm³/mol. The van der Waals surface area contributed by atoms with Gasteiger partial charge in [0.05, 0.1) is 17.3 Å². The van der Waals surface area contributed by atoms with Gasteiger partial charge in [-0.1, -0.05) is 105 Å². The van der Waals surface area contributed by atoms with Crippen LogP contribution in [0, 0.1) is 11.3 Å². The molecule has 0 aliphatic heterocycles. The minimum absolute atomic E-state index is 0.0737. The van der Waals surface area contributed by atoms with Crippen molar-refractivity contribution in [3.05, 3.63) is 162 Å². The third kappa shape index (κ3) is 3.82. The molecule has 0 unspecified atom stereocenters. The lowest BCUT2D eigenvalue weighted by Crippen LogP contribution is -2.15. The van der Waals surface area contributed by atoms with E-state index in [0.717, 1.165) is 17.1 Å². The van der Waals surface area contributed by atoms with Gasteiger partial charge in [-0.2, -0.15) is 5.26 Å². The lowest BCUT2D eigenvalue weighted by molar-refractivity contribution is 0.663. The van der Waals surface area contributed by atoms with Gasteiger partial charge >= 0.3 is 0 Å². The summed E-state index contributed by atoms with van der Waals surface area (Å²) in [6.07, 6.45) is 0. The van der Waals surface area contributed by atoms with Crippen LogP contribution in [0.3, 0.4) is 0 Å². The van der Waals surface area contributed by atoms with Gasteiger partial charge in [0.1, 0.15) is 0 Å². The highest BCUT2D eigenvalue weighted by atomic mass is 15.1. The number of nitrogens with zero attached hydrogens (tertiary/aromatic N) is 2. The van der Waals surface area contributed by atoms with Crippen molar-refractivity contribution in [2.75, 3.05) is 4.90 Å². The molecular weight excluding hydrogens is 556 g/mol. The molecule has 8 aromatic carbocycles. The number of hydrogen-bond acceptors (Lipinski definition) is 2. The molecule has 46 heavy (non-hydrogen) atoms. The monoisotopic (exact) mass is 586 g/mol. The first-order chi connectivity index (χ1) is 22.5. The van der Waals surface area contributed by atoms with Crippen molar-refractivity contribution >= 4 is 60.2 Å². The van der Waals surface area contributed by atoms with Crippen molar-refractivity contribution in [3.63, 3.8) is 0 Å². The van der Waals surface area contributed by atoms with E-state index >= 15 is 0 Å². The Kier molecular flexibility index (Phi) is 5.64. The molecule has 2 heteroatoms. The molecule has 216 valence electrons. The number of benzene rings is 8. The van der Waals surface area contributed by atoms with Crippen LogP contribution in [0.5, 0.6) is 0 Å². The van der Waals surface area contributed by atoms with Crippen molar-refractivity contribution in [1.29, 1.82) is 5.26 Å². The van der Waals surface area contributed by atoms with Gasteiger partial charge in [0, 0.05) is 22.2 Å². The van der Waals surface area contributed by atoms with Gasteiger partial charge in [-0.25, -0.2) is 0 Å². The van der Waals surface area contributed by atoms with E-state index in [0.29, 0.717) is 5.56 Å². The first-order valence-electron chi connectivity index (χ1n) is 15.8. The van der Waals surface area contributed by atoms with Gasteiger partial charge in [0.25, 0.3) is 0 Å². The summed E-state index contributed by atoms with van der Waals surface area (Å²) in [7, 11) is 0. The van der Waals surface area contributed by atoms with Crippen molar-refractivity contribution in [1.82, 2.24) is 0 Å². The molecule has 0 atom stereocenters. The summed E-state index contributed by atoms with van der Waals surface area (Å²) in [6.45, 7) is 4.72. The van der Waals surface area contributed by atoms with Gasteiger partial charge in [0.15, 0.2) is 0 Å². The Labute approximate surface area is 268 Å². The smallest absolute Gasteiger partial charge is 0.0991 e. The summed E-state index contributed by atoms with van der Waals surface area (Å²) in [4.78, 5) is 2.32. The Bertz CT molecular complexity index is 2570. The molecule has 9 rings (SSSR count). The molecule has 0 heterocycles. The average molecular weight is 587 g/mol. The van der Waals surface area contributed by atoms with E-state index in [4.69, 9.17) is 0 Å². The Balaban J connectivity index is 1.27. The zero-order valence-electron chi connectivity index (χ0n) is 25.8. The van der Waals surface area contributed by atoms with Gasteiger partial charge in [0.2, 0.25) is 0 Å². The summed E-state index contributed by atoms with van der Waals surface area (Å²) in [5.41, 5.74) is 9.03. The molecule has 0 aromatic heterocycles. The third-order valence-corrected chi connectivity index (χ3v) is 10.0. The molecular formula is C44H30N2. The molecule has 1 aliphatic carbocycles. The topological polar surface area (TPSA) is 27.0 Å². The molecule has 1 aliphatic rings. The van der Waals surface area contributed by atoms with Crippen LogP contribution >= 0.6 is 0 Å². The minimum Gasteiger partial charge on any atom is -0.310 e. The van der Waals surface area contributed by atoms with Crippen LogP contribution in [0.15, 0.2) is 146 Å². The fraction of sp³-hybridized carbons (Fsp3) is 0.0682. The minimum atomic E-state index is -0.0737. The maximum Gasteiger partial charge on any atom is 0.0991 e. The standard InChI is InChI=1S/C44H30N2/c1-44(2)39-13-7-10-30-16-17-32-24-33(26-40(44)43(32)42(30)39)36-22-23-41(38-12-6-5-11-37(36)38)46(34-19-14-28(27-45)15-20-34)35-21-18-29-8-3-4-9-31(29)25-35/h3-26H,1-2H3. The molecule has 0 N–H and O–H groups in total. The fourth-order valence-electron chi connectivity index (χ4n) is 7.71. The molecule has 0 fully saturated rings. The molecule has 2 nitrogen and oxygen atoms in total. The number of nitriles is 1. The highest BCUT2D eigenvalue weighted by Gasteiger charge is 2.34. The van der Waals surface area contributed by atoms with Crippen molar-refractivity contribution < 1.29 is 0 Å². The molecule has 0 radical (unpaired) electrons. The first-order valence-corrected chi connectivity index (χ1v) is 15.8. The van der Waals surface area contributed by atoms with Gasteiger partial charge in [-0.15, -0.1) is 0 Å². The Morgan fingerprint density at radius 2 is 1.20 bits per heavy atom. The first kappa shape index (κ1) is 26.5. The molecule has 0 bridgehead atoms. The summed E-state index contributed by atoms with van der Waals surface area (Å²) in [5, 5.41) is 19.7. The van der Waals surface area contributed by atoms with E-state index in [1.165, 1.54) is 65.3 Å². The SMILES string of the molecule is CC1(C)c2cccc3ccc4cc(-c5ccc(N(c6ccc(C#N)cc6)c6ccc7ccccc7c6)c6ccccc56)cc1c4c23. The van der Waals surface area contributed by atoms with E-state index in [9.17, 15) is 5.26 Å². The third-order valence-electron chi connectivity index (χ3n) is 10.0. The van der Waals surface area contributed by atoms with Gasteiger partial charge in [-0.05, 0) is 115 Å². The molecule has 0 saturated heterocycles. The summed E-state index contributed by atoms with van der Waals surface area (Å²) in [5.74, 6) is 0. The van der Waals surface area contributed by atoms with Crippen LogP contribution in [0.1, 0.15) is 30.5 Å². The number of rotatable bonds is 4. The highest BCUT2D eigenvalue weighted by Crippen LogP contribution is 2.51. The fourth-order valence-corrected chi connectivity index (χ4v) is 7.71. The second kappa shape index (κ2) is 9.80. The quantitative estimate of drug-likeness (QED) is 0.192. The van der Waals surface area contributed by atoms with Crippen LogP contribution in [0.25, 0.3) is 54.2 Å². The second-order valence-corrected chi connectivity index (χ2v) is 12.9. The van der Waals surface area contributed by atoms with Crippen molar-refractivity contribution in [2.45, 2.75) is 19.3 Å². The molecule has 8 aromatic rings. The van der Waals surface area contributed by atoms with Crippen LogP contribution in [-0.2, 0) is 5.41 Å². The van der Waals surface area contributed by atoms with E-state index in [1.807, 2.05) is 24.3 Å². The normalized spacial score (nSPS) is 13.2. The summed E-state index contributed by atoms with van der Waals surface area (Å²) >= 11 is 0. The Morgan fingerprint density at radius 3 is 2.02 bits per heavy atom. The Hall–Kier alpha value is -5.91. The van der Waals surface area contributed by atoms with E-state index in [2.05, 4.69) is 146 Å². The van der Waals surface area contributed by atoms with Crippen LogP contribution in [0.4, 0.5) is 17.1 Å². The van der Waals surface area contributed by atoms with Crippen LogP contribution < -0.4 is 4.90 Å². The predicted octanol–water partition coefficient (Wildman–Crippen LogP) is 11.9. The number of fused-ring (bicyclic) bond motifs is 2. The molecule has 0 spiro atoms. The molecule has 0 amide bonds. The van der Waals surface area contributed by atoms with E-state index in [-0.39, 0.29) is 5.41 Å².